The number of rotatable bonds is 16. The van der Waals surface area contributed by atoms with Gasteiger partial charge in [0.2, 0.25) is 0 Å². The molecule has 41 heavy (non-hydrogen) atoms. The number of nitrogens with one attached hydrogen (secondary N) is 2. The van der Waals surface area contributed by atoms with Crippen LogP contribution >= 0.6 is 0 Å². The number of imidazole rings is 1. The third-order valence-corrected chi connectivity index (χ3v) is 7.65. The Kier molecular flexibility index (Phi) is 11.0. The summed E-state index contributed by atoms with van der Waals surface area (Å²) >= 11 is 0. The molecule has 5 N–H and O–H groups in total. The molecule has 2 aromatic carbocycles. The molecule has 9 nitrogen and oxygen atoms in total. The van der Waals surface area contributed by atoms with Gasteiger partial charge in [0.15, 0.2) is 6.29 Å². The molecule has 3 heterocycles. The number of aliphatic hydroxyl groups excluding tert-OH is 1. The number of hydrogen-bond acceptors (Lipinski definition) is 7. The van der Waals surface area contributed by atoms with Crippen LogP contribution in [0.3, 0.4) is 0 Å². The van der Waals surface area contributed by atoms with Crippen molar-refractivity contribution in [2.24, 2.45) is 5.73 Å². The molecule has 1 unspecified atom stereocenters. The van der Waals surface area contributed by atoms with Gasteiger partial charge in [-0.05, 0) is 43.0 Å². The van der Waals surface area contributed by atoms with Crippen molar-refractivity contribution in [2.75, 3.05) is 13.2 Å². The lowest BCUT2D eigenvalue weighted by atomic mass is 9.94. The number of ether oxygens (including phenoxy) is 4. The van der Waals surface area contributed by atoms with E-state index < -0.39 is 18.5 Å². The summed E-state index contributed by atoms with van der Waals surface area (Å²) < 4.78 is 25.6. The van der Waals surface area contributed by atoms with E-state index in [-0.39, 0.29) is 12.2 Å². The number of benzene rings is 2. The second kappa shape index (κ2) is 15.3. The minimum absolute atomic E-state index is 0.341. The number of H-pyrrole nitrogens is 2. The van der Waals surface area contributed by atoms with Crippen LogP contribution < -0.4 is 5.73 Å². The van der Waals surface area contributed by atoms with Gasteiger partial charge in [0, 0.05) is 23.5 Å². The first-order valence-corrected chi connectivity index (χ1v) is 14.7. The quantitative estimate of drug-likeness (QED) is 0.147. The lowest BCUT2D eigenvalue weighted by molar-refractivity contribution is -0.297. The molecule has 0 spiro atoms. The van der Waals surface area contributed by atoms with Gasteiger partial charge in [-0.2, -0.15) is 0 Å². The molecule has 9 heteroatoms. The van der Waals surface area contributed by atoms with Crippen molar-refractivity contribution >= 4 is 10.9 Å². The molecule has 1 aliphatic rings. The summed E-state index contributed by atoms with van der Waals surface area (Å²) in [6, 6.07) is 18.3. The summed E-state index contributed by atoms with van der Waals surface area (Å²) in [5, 5.41) is 12.5. The minimum atomic E-state index is -0.693. The molecule has 220 valence electrons. The van der Waals surface area contributed by atoms with Crippen LogP contribution in [0.5, 0.6) is 0 Å². The second-order valence-electron chi connectivity index (χ2n) is 10.7. The lowest BCUT2D eigenvalue weighted by Crippen LogP contribution is -2.54. The maximum absolute atomic E-state index is 11.3. The summed E-state index contributed by atoms with van der Waals surface area (Å²) in [7, 11) is 0. The van der Waals surface area contributed by atoms with Crippen molar-refractivity contribution in [3.05, 3.63) is 90.1 Å². The summed E-state index contributed by atoms with van der Waals surface area (Å²) in [6.45, 7) is 1.87. The van der Waals surface area contributed by atoms with Gasteiger partial charge >= 0.3 is 0 Å². The van der Waals surface area contributed by atoms with Crippen molar-refractivity contribution in [1.82, 2.24) is 15.0 Å². The number of aromatic amines is 2. The average Bonchev–Trinajstić information content (AvgIpc) is 3.68. The highest BCUT2D eigenvalue weighted by Crippen LogP contribution is 2.31. The number of nitrogens with two attached hydrogens (primary N) is 1. The first kappa shape index (κ1) is 29.4. The van der Waals surface area contributed by atoms with Gasteiger partial charge in [-0.3, -0.25) is 0 Å². The Morgan fingerprint density at radius 3 is 2.61 bits per heavy atom. The van der Waals surface area contributed by atoms with Crippen LogP contribution in [-0.2, 0) is 38.6 Å². The number of nitrogens with zero attached hydrogens (tertiary/aromatic N) is 1. The standard InChI is InChI=1S/C32H42N4O5/c33-15-8-2-5-13-28(37)31-29(39-20-23-9-3-1-4-10-23)17-30(40-21-25-19-34-22-36-25)32(41-31)38-16-14-24-18-35-27-12-7-6-11-26(24)27/h1,3-4,6-7,9-12,18-19,22,28-32,35,37H,2,5,8,13-17,20-21,33H2,(H,34,36)/t28?,29-,30+,31+,32+/m0/s1. The highest BCUT2D eigenvalue weighted by atomic mass is 16.7. The monoisotopic (exact) mass is 562 g/mol. The van der Waals surface area contributed by atoms with Gasteiger partial charge in [0.25, 0.3) is 0 Å². The van der Waals surface area contributed by atoms with E-state index in [1.165, 1.54) is 10.9 Å². The first-order valence-electron chi connectivity index (χ1n) is 14.7. The molecular formula is C32H42N4O5. The Morgan fingerprint density at radius 2 is 1.78 bits per heavy atom. The molecule has 1 fully saturated rings. The number of aliphatic hydroxyl groups is 1. The molecule has 0 bridgehead atoms. The fraction of sp³-hybridized carbons (Fsp3) is 0.469. The number of para-hydroxylation sites is 1. The summed E-state index contributed by atoms with van der Waals surface area (Å²) in [5.74, 6) is 0. The Hall–Kier alpha value is -3.05. The van der Waals surface area contributed by atoms with Crippen LogP contribution in [-0.4, -0.2) is 63.9 Å². The van der Waals surface area contributed by atoms with E-state index in [9.17, 15) is 5.11 Å². The van der Waals surface area contributed by atoms with Crippen LogP contribution in [0, 0.1) is 0 Å². The highest BCUT2D eigenvalue weighted by Gasteiger charge is 2.43. The first-order chi connectivity index (χ1) is 20.2. The Labute approximate surface area is 241 Å². The third kappa shape index (κ3) is 8.25. The van der Waals surface area contributed by atoms with Crippen LogP contribution in [0.15, 0.2) is 73.3 Å². The molecule has 1 saturated heterocycles. The van der Waals surface area contributed by atoms with E-state index in [0.717, 1.165) is 42.5 Å². The van der Waals surface area contributed by atoms with Crippen molar-refractivity contribution < 1.29 is 24.1 Å². The molecule has 2 aromatic heterocycles. The average molecular weight is 563 g/mol. The van der Waals surface area contributed by atoms with Crippen LogP contribution in [0.25, 0.3) is 10.9 Å². The lowest BCUT2D eigenvalue weighted by Gasteiger charge is -2.42. The maximum Gasteiger partial charge on any atom is 0.184 e. The number of unbranched alkanes of at least 4 members (excludes halogenated alkanes) is 2. The van der Waals surface area contributed by atoms with E-state index in [1.54, 1.807) is 12.5 Å². The zero-order valence-electron chi connectivity index (χ0n) is 23.5. The normalized spacial score (nSPS) is 21.8. The van der Waals surface area contributed by atoms with E-state index in [4.69, 9.17) is 24.7 Å². The van der Waals surface area contributed by atoms with Gasteiger partial charge in [-0.25, -0.2) is 4.98 Å². The Balaban J connectivity index is 1.28. The van der Waals surface area contributed by atoms with Crippen molar-refractivity contribution in [2.45, 2.75) is 82.4 Å². The van der Waals surface area contributed by atoms with Crippen LogP contribution in [0.2, 0.25) is 0 Å². The van der Waals surface area contributed by atoms with Crippen molar-refractivity contribution in [1.29, 1.82) is 0 Å². The highest BCUT2D eigenvalue weighted by molar-refractivity contribution is 5.83. The number of hydrogen-bond donors (Lipinski definition) is 4. The summed E-state index contributed by atoms with van der Waals surface area (Å²) in [5.41, 5.74) is 9.89. The van der Waals surface area contributed by atoms with E-state index >= 15 is 0 Å². The Morgan fingerprint density at radius 1 is 0.951 bits per heavy atom. The summed E-state index contributed by atoms with van der Waals surface area (Å²) in [4.78, 5) is 10.5. The number of fused-ring (bicyclic) bond motifs is 1. The van der Waals surface area contributed by atoms with Gasteiger partial charge in [-0.15, -0.1) is 0 Å². The molecule has 0 aliphatic carbocycles. The maximum atomic E-state index is 11.3. The van der Waals surface area contributed by atoms with Gasteiger partial charge in [0.05, 0.1) is 50.2 Å². The van der Waals surface area contributed by atoms with E-state index in [1.807, 2.05) is 48.7 Å². The zero-order valence-corrected chi connectivity index (χ0v) is 23.5. The molecule has 0 amide bonds. The van der Waals surface area contributed by atoms with Crippen molar-refractivity contribution in [3.63, 3.8) is 0 Å². The SMILES string of the molecule is NCCCCCC(O)[C@H]1O[C@@H](OCCc2c[nH]c3ccccc23)[C@H](OCc2cnc[nH]2)C[C@@H]1OCc1ccccc1. The van der Waals surface area contributed by atoms with E-state index in [0.29, 0.717) is 39.2 Å². The number of aromatic nitrogens is 3. The largest absolute Gasteiger partial charge is 0.390 e. The van der Waals surface area contributed by atoms with Crippen LogP contribution in [0.1, 0.15) is 48.9 Å². The van der Waals surface area contributed by atoms with Gasteiger partial charge < -0.3 is 39.8 Å². The van der Waals surface area contributed by atoms with Gasteiger partial charge in [-0.1, -0.05) is 61.4 Å². The second-order valence-corrected chi connectivity index (χ2v) is 10.7. The zero-order chi connectivity index (χ0) is 28.3. The summed E-state index contributed by atoms with van der Waals surface area (Å²) in [6.07, 6.45) is 7.42. The molecule has 1 aliphatic heterocycles. The van der Waals surface area contributed by atoms with Gasteiger partial charge in [0.1, 0.15) is 12.2 Å². The molecule has 4 aromatic rings. The van der Waals surface area contributed by atoms with E-state index in [2.05, 4.69) is 27.1 Å². The Bertz CT molecular complexity index is 1280. The van der Waals surface area contributed by atoms with Crippen LogP contribution in [0.4, 0.5) is 0 Å². The molecule has 5 rings (SSSR count). The predicted octanol–water partition coefficient (Wildman–Crippen LogP) is 4.62. The molecule has 0 radical (unpaired) electrons. The van der Waals surface area contributed by atoms with Crippen molar-refractivity contribution in [3.8, 4) is 0 Å². The molecular weight excluding hydrogens is 520 g/mol. The third-order valence-electron chi connectivity index (χ3n) is 7.65. The fourth-order valence-corrected chi connectivity index (χ4v) is 5.40. The topological polar surface area (TPSA) is 128 Å². The predicted molar refractivity (Wildman–Crippen MR) is 157 cm³/mol. The minimum Gasteiger partial charge on any atom is -0.390 e. The smallest absolute Gasteiger partial charge is 0.184 e. The fourth-order valence-electron chi connectivity index (χ4n) is 5.40. The molecule has 5 atom stereocenters. The molecule has 0 saturated carbocycles.